The smallest absolute Gasteiger partial charge is 0.224 e. The SMILES string of the molecule is CS(=O)(=O)c1ccc(S(=O)(=O)NCCSC2CCCC2)cc1. The highest BCUT2D eigenvalue weighted by molar-refractivity contribution is 8.00. The van der Waals surface area contributed by atoms with Crippen molar-refractivity contribution in [3.63, 3.8) is 0 Å². The third kappa shape index (κ3) is 4.97. The molecule has 124 valence electrons. The zero-order chi connectivity index (χ0) is 16.2. The lowest BCUT2D eigenvalue weighted by molar-refractivity contribution is 0.583. The van der Waals surface area contributed by atoms with E-state index in [4.69, 9.17) is 0 Å². The van der Waals surface area contributed by atoms with Crippen LogP contribution in [0.25, 0.3) is 0 Å². The standard InChI is InChI=1S/C14H21NO4S3/c1-21(16,17)13-6-8-14(9-7-13)22(18,19)15-10-11-20-12-4-2-3-5-12/h6-9,12,15H,2-5,10-11H2,1H3. The summed E-state index contributed by atoms with van der Waals surface area (Å²) in [4.78, 5) is 0.203. The fraction of sp³-hybridized carbons (Fsp3) is 0.571. The number of hydrogen-bond donors (Lipinski definition) is 1. The molecule has 1 aliphatic carbocycles. The van der Waals surface area contributed by atoms with Crippen LogP contribution in [0.1, 0.15) is 25.7 Å². The van der Waals surface area contributed by atoms with Gasteiger partial charge in [-0.2, -0.15) is 11.8 Å². The summed E-state index contributed by atoms with van der Waals surface area (Å²) < 4.78 is 49.5. The first-order valence-corrected chi connectivity index (χ1v) is 11.6. The normalized spacial score (nSPS) is 17.0. The number of rotatable bonds is 7. The van der Waals surface area contributed by atoms with E-state index in [1.54, 1.807) is 0 Å². The van der Waals surface area contributed by atoms with Gasteiger partial charge in [0.2, 0.25) is 10.0 Å². The molecule has 0 aromatic heterocycles. The summed E-state index contributed by atoms with van der Waals surface area (Å²) in [5.41, 5.74) is 0. The van der Waals surface area contributed by atoms with Gasteiger partial charge in [0.05, 0.1) is 9.79 Å². The Labute approximate surface area is 136 Å². The van der Waals surface area contributed by atoms with Crippen molar-refractivity contribution in [3.8, 4) is 0 Å². The molecular weight excluding hydrogens is 342 g/mol. The summed E-state index contributed by atoms with van der Waals surface area (Å²) in [5.74, 6) is 0.755. The van der Waals surface area contributed by atoms with E-state index in [2.05, 4.69) is 4.72 Å². The molecule has 0 heterocycles. The minimum Gasteiger partial charge on any atom is -0.224 e. The van der Waals surface area contributed by atoms with Crippen LogP contribution < -0.4 is 4.72 Å². The van der Waals surface area contributed by atoms with Gasteiger partial charge in [0.25, 0.3) is 0 Å². The van der Waals surface area contributed by atoms with Crippen molar-refractivity contribution in [2.24, 2.45) is 0 Å². The number of thioether (sulfide) groups is 1. The Morgan fingerprint density at radius 1 is 1.05 bits per heavy atom. The van der Waals surface area contributed by atoms with E-state index in [9.17, 15) is 16.8 Å². The minimum absolute atomic E-state index is 0.0887. The summed E-state index contributed by atoms with van der Waals surface area (Å²) in [5, 5.41) is 0.665. The number of nitrogens with one attached hydrogen (secondary N) is 1. The highest BCUT2D eigenvalue weighted by Gasteiger charge is 2.17. The summed E-state index contributed by atoms with van der Waals surface area (Å²) in [6.45, 7) is 0.386. The fourth-order valence-electron chi connectivity index (χ4n) is 2.41. The number of sulfonamides is 1. The lowest BCUT2D eigenvalue weighted by Crippen LogP contribution is -2.26. The molecule has 0 amide bonds. The molecular formula is C14H21NO4S3. The van der Waals surface area contributed by atoms with Crippen molar-refractivity contribution >= 4 is 31.6 Å². The third-order valence-electron chi connectivity index (χ3n) is 3.61. The van der Waals surface area contributed by atoms with Gasteiger partial charge in [0, 0.05) is 23.8 Å². The zero-order valence-electron chi connectivity index (χ0n) is 12.5. The molecule has 2 rings (SSSR count). The number of hydrogen-bond acceptors (Lipinski definition) is 5. The van der Waals surface area contributed by atoms with Crippen molar-refractivity contribution < 1.29 is 16.8 Å². The van der Waals surface area contributed by atoms with Crippen molar-refractivity contribution in [2.75, 3.05) is 18.6 Å². The molecule has 1 fully saturated rings. The first kappa shape index (κ1) is 17.8. The largest absolute Gasteiger partial charge is 0.240 e. The predicted octanol–water partition coefficient (Wildman–Crippen LogP) is 2.04. The second kappa shape index (κ2) is 7.33. The molecule has 22 heavy (non-hydrogen) atoms. The molecule has 1 saturated carbocycles. The molecule has 0 radical (unpaired) electrons. The molecule has 0 saturated heterocycles. The summed E-state index contributed by atoms with van der Waals surface area (Å²) in [6.07, 6.45) is 6.09. The summed E-state index contributed by atoms with van der Waals surface area (Å²) in [7, 11) is -6.89. The van der Waals surface area contributed by atoms with E-state index >= 15 is 0 Å². The van der Waals surface area contributed by atoms with Crippen LogP contribution in [-0.2, 0) is 19.9 Å². The summed E-state index contributed by atoms with van der Waals surface area (Å²) >= 11 is 1.82. The Bertz CT molecular complexity index is 690. The van der Waals surface area contributed by atoms with Crippen LogP contribution in [0.15, 0.2) is 34.1 Å². The Morgan fingerprint density at radius 2 is 1.59 bits per heavy atom. The lowest BCUT2D eigenvalue weighted by Gasteiger charge is -2.10. The van der Waals surface area contributed by atoms with Crippen molar-refractivity contribution in [3.05, 3.63) is 24.3 Å². The highest BCUT2D eigenvalue weighted by atomic mass is 32.2. The third-order valence-corrected chi connectivity index (χ3v) is 7.60. The molecule has 8 heteroatoms. The monoisotopic (exact) mass is 363 g/mol. The average molecular weight is 364 g/mol. The second-order valence-corrected chi connectivity index (χ2v) is 10.6. The van der Waals surface area contributed by atoms with Crippen LogP contribution in [0.4, 0.5) is 0 Å². The van der Waals surface area contributed by atoms with E-state index in [-0.39, 0.29) is 9.79 Å². The maximum absolute atomic E-state index is 12.1. The van der Waals surface area contributed by atoms with Gasteiger partial charge < -0.3 is 0 Å². The first-order chi connectivity index (χ1) is 10.3. The van der Waals surface area contributed by atoms with Crippen LogP contribution in [-0.4, -0.2) is 40.6 Å². The summed E-state index contributed by atoms with van der Waals surface area (Å²) in [6, 6.07) is 5.28. The van der Waals surface area contributed by atoms with Crippen LogP contribution in [0, 0.1) is 0 Å². The molecule has 5 nitrogen and oxygen atoms in total. The number of benzene rings is 1. The van der Waals surface area contributed by atoms with Gasteiger partial charge in [-0.15, -0.1) is 0 Å². The van der Waals surface area contributed by atoms with Crippen LogP contribution in [0.2, 0.25) is 0 Å². The Morgan fingerprint density at radius 3 is 2.14 bits per heavy atom. The minimum atomic E-state index is -3.58. The van der Waals surface area contributed by atoms with Gasteiger partial charge in [0.1, 0.15) is 0 Å². The topological polar surface area (TPSA) is 80.3 Å². The predicted molar refractivity (Wildman–Crippen MR) is 89.5 cm³/mol. The quantitative estimate of drug-likeness (QED) is 0.750. The van der Waals surface area contributed by atoms with Gasteiger partial charge in [-0.25, -0.2) is 21.6 Å². The van der Waals surface area contributed by atoms with Gasteiger partial charge in [-0.1, -0.05) is 12.8 Å². The molecule has 0 unspecified atom stereocenters. The molecule has 0 spiro atoms. The highest BCUT2D eigenvalue weighted by Crippen LogP contribution is 2.28. The van der Waals surface area contributed by atoms with E-state index in [1.807, 2.05) is 11.8 Å². The maximum Gasteiger partial charge on any atom is 0.240 e. The lowest BCUT2D eigenvalue weighted by atomic mass is 10.4. The molecule has 0 aliphatic heterocycles. The molecule has 1 aliphatic rings. The van der Waals surface area contributed by atoms with Crippen LogP contribution >= 0.6 is 11.8 Å². The van der Waals surface area contributed by atoms with Gasteiger partial charge in [0.15, 0.2) is 9.84 Å². The van der Waals surface area contributed by atoms with E-state index in [1.165, 1.54) is 49.9 Å². The van der Waals surface area contributed by atoms with E-state index in [0.29, 0.717) is 11.8 Å². The molecule has 1 aromatic carbocycles. The fourth-order valence-corrected chi connectivity index (χ4v) is 5.42. The van der Waals surface area contributed by atoms with Crippen LogP contribution in [0.5, 0.6) is 0 Å². The average Bonchev–Trinajstić information content (AvgIpc) is 2.96. The molecule has 1 aromatic rings. The van der Waals surface area contributed by atoms with Crippen molar-refractivity contribution in [1.82, 2.24) is 4.72 Å². The molecule has 1 N–H and O–H groups in total. The van der Waals surface area contributed by atoms with Crippen molar-refractivity contribution in [1.29, 1.82) is 0 Å². The molecule has 0 bridgehead atoms. The van der Waals surface area contributed by atoms with E-state index < -0.39 is 19.9 Å². The van der Waals surface area contributed by atoms with Crippen LogP contribution in [0.3, 0.4) is 0 Å². The first-order valence-electron chi connectivity index (χ1n) is 7.20. The maximum atomic E-state index is 12.1. The van der Waals surface area contributed by atoms with Gasteiger partial charge >= 0.3 is 0 Å². The van der Waals surface area contributed by atoms with E-state index in [0.717, 1.165) is 12.0 Å². The number of sulfone groups is 1. The Balaban J connectivity index is 1.89. The second-order valence-electron chi connectivity index (χ2n) is 5.42. The van der Waals surface area contributed by atoms with Gasteiger partial charge in [-0.3, -0.25) is 0 Å². The van der Waals surface area contributed by atoms with Gasteiger partial charge in [-0.05, 0) is 37.1 Å². The van der Waals surface area contributed by atoms with Crippen molar-refractivity contribution in [2.45, 2.75) is 40.7 Å². The zero-order valence-corrected chi connectivity index (χ0v) is 14.9. The molecule has 0 atom stereocenters. The Hall–Kier alpha value is -0.570. The Kier molecular flexibility index (Phi) is 5.93.